The quantitative estimate of drug-likeness (QED) is 0.747. The summed E-state index contributed by atoms with van der Waals surface area (Å²) in [5.41, 5.74) is 6.52. The second-order valence-corrected chi connectivity index (χ2v) is 4.93. The van der Waals surface area contributed by atoms with E-state index in [2.05, 4.69) is 15.1 Å². The van der Waals surface area contributed by atoms with E-state index in [1.54, 1.807) is 39.5 Å². The zero-order chi connectivity index (χ0) is 15.0. The Balaban J connectivity index is 1.98. The molecule has 3 aromatic rings. The lowest BCUT2D eigenvalue weighted by molar-refractivity contribution is 0.617. The number of aromatic nitrogens is 6. The van der Waals surface area contributed by atoms with Gasteiger partial charge in [-0.15, -0.1) is 0 Å². The average Bonchev–Trinajstić information content (AvgIpc) is 2.98. The predicted octanol–water partition coefficient (Wildman–Crippen LogP) is 0.367. The second-order valence-electron chi connectivity index (χ2n) is 4.93. The summed E-state index contributed by atoms with van der Waals surface area (Å²) in [6.45, 7) is 3.03. The summed E-state index contributed by atoms with van der Waals surface area (Å²) < 4.78 is 4.89. The molecule has 0 aromatic carbocycles. The molecule has 0 fully saturated rings. The summed E-state index contributed by atoms with van der Waals surface area (Å²) in [6, 6.07) is 0. The van der Waals surface area contributed by atoms with Crippen LogP contribution in [0.2, 0.25) is 0 Å². The number of hydrogen-bond donors (Lipinski definition) is 1. The molecule has 0 amide bonds. The molecule has 0 bridgehead atoms. The van der Waals surface area contributed by atoms with Gasteiger partial charge in [0.15, 0.2) is 11.5 Å². The van der Waals surface area contributed by atoms with Crippen LogP contribution in [0.5, 0.6) is 0 Å². The molecule has 0 radical (unpaired) electrons. The van der Waals surface area contributed by atoms with Crippen LogP contribution in [-0.2, 0) is 20.1 Å². The van der Waals surface area contributed by atoms with Gasteiger partial charge in [0.1, 0.15) is 5.82 Å². The molecule has 0 saturated carbocycles. The normalized spacial score (nSPS) is 11.3. The molecule has 110 valence electrons. The van der Waals surface area contributed by atoms with Crippen LogP contribution in [0.25, 0.3) is 11.0 Å². The molecule has 21 heavy (non-hydrogen) atoms. The highest BCUT2D eigenvalue weighted by Gasteiger charge is 2.11. The van der Waals surface area contributed by atoms with Crippen molar-refractivity contribution >= 4 is 16.9 Å². The first-order valence-electron chi connectivity index (χ1n) is 6.79. The first kappa shape index (κ1) is 13.3. The molecule has 0 aliphatic heterocycles. The van der Waals surface area contributed by atoms with E-state index in [1.807, 2.05) is 6.92 Å². The molecule has 0 spiro atoms. The van der Waals surface area contributed by atoms with Crippen molar-refractivity contribution in [2.24, 2.45) is 7.05 Å². The van der Waals surface area contributed by atoms with Gasteiger partial charge in [-0.2, -0.15) is 5.10 Å². The Morgan fingerprint density at radius 1 is 1.24 bits per heavy atom. The minimum atomic E-state index is -0.0656. The van der Waals surface area contributed by atoms with Gasteiger partial charge >= 0.3 is 5.69 Å². The average molecular weight is 287 g/mol. The van der Waals surface area contributed by atoms with Gasteiger partial charge in [0.05, 0.1) is 18.1 Å². The third-order valence-electron chi connectivity index (χ3n) is 3.36. The van der Waals surface area contributed by atoms with Gasteiger partial charge in [0.2, 0.25) is 0 Å². The van der Waals surface area contributed by atoms with Crippen LogP contribution in [0.15, 0.2) is 23.4 Å². The van der Waals surface area contributed by atoms with Crippen LogP contribution in [0.1, 0.15) is 19.2 Å². The minimum Gasteiger partial charge on any atom is -0.383 e. The number of rotatable bonds is 4. The Morgan fingerprint density at radius 2 is 2.00 bits per heavy atom. The summed E-state index contributed by atoms with van der Waals surface area (Å²) in [5.74, 6) is 0.879. The van der Waals surface area contributed by atoms with Crippen molar-refractivity contribution in [2.75, 3.05) is 5.73 Å². The maximum atomic E-state index is 12.2. The molecule has 3 heterocycles. The van der Waals surface area contributed by atoms with Crippen LogP contribution in [0, 0.1) is 0 Å². The molecule has 8 nitrogen and oxygen atoms in total. The number of hydrogen-bond acceptors (Lipinski definition) is 5. The van der Waals surface area contributed by atoms with Crippen molar-refractivity contribution in [3.05, 3.63) is 34.9 Å². The monoisotopic (exact) mass is 287 g/mol. The van der Waals surface area contributed by atoms with E-state index in [-0.39, 0.29) is 5.69 Å². The number of imidazole rings is 1. The highest BCUT2D eigenvalue weighted by Crippen LogP contribution is 2.16. The summed E-state index contributed by atoms with van der Waals surface area (Å²) in [7, 11) is 1.79. The lowest BCUT2D eigenvalue weighted by atomic mass is 10.4. The number of fused-ring (bicyclic) bond motifs is 1. The van der Waals surface area contributed by atoms with Gasteiger partial charge in [0, 0.05) is 26.0 Å². The molecule has 0 unspecified atom stereocenters. The van der Waals surface area contributed by atoms with Crippen molar-refractivity contribution in [2.45, 2.75) is 26.4 Å². The number of nitrogens with zero attached hydrogens (tertiary/aromatic N) is 6. The Kier molecular flexibility index (Phi) is 3.20. The molecule has 8 heteroatoms. The van der Waals surface area contributed by atoms with E-state index in [0.29, 0.717) is 30.4 Å². The Hall–Kier alpha value is -2.64. The fourth-order valence-corrected chi connectivity index (χ4v) is 2.30. The van der Waals surface area contributed by atoms with Gasteiger partial charge in [0.25, 0.3) is 0 Å². The topological polar surface area (TPSA) is 96.6 Å². The van der Waals surface area contributed by atoms with Crippen molar-refractivity contribution in [3.63, 3.8) is 0 Å². The number of nitrogen functional groups attached to an aromatic ring is 1. The lowest BCUT2D eigenvalue weighted by Crippen LogP contribution is -2.25. The number of aryl methyl sites for hydroxylation is 2. The van der Waals surface area contributed by atoms with Crippen molar-refractivity contribution in [1.29, 1.82) is 0 Å². The van der Waals surface area contributed by atoms with Gasteiger partial charge in [-0.1, -0.05) is 6.92 Å². The van der Waals surface area contributed by atoms with Crippen molar-refractivity contribution in [3.8, 4) is 0 Å². The zero-order valence-electron chi connectivity index (χ0n) is 12.0. The SMILES string of the molecule is CCCn1ccn(Cc2nc(N)c3cnn(C)c3n2)c1=O. The molecule has 3 aromatic heterocycles. The Bertz CT molecular complexity index is 842. The summed E-state index contributed by atoms with van der Waals surface area (Å²) in [5, 5.41) is 4.83. The van der Waals surface area contributed by atoms with Gasteiger partial charge in [-0.05, 0) is 6.42 Å². The van der Waals surface area contributed by atoms with Crippen LogP contribution >= 0.6 is 0 Å². The molecular formula is C13H17N7O. The Morgan fingerprint density at radius 3 is 2.76 bits per heavy atom. The molecular weight excluding hydrogens is 270 g/mol. The van der Waals surface area contributed by atoms with E-state index in [9.17, 15) is 4.79 Å². The first-order chi connectivity index (χ1) is 10.1. The fourth-order valence-electron chi connectivity index (χ4n) is 2.30. The molecule has 3 rings (SSSR count). The van der Waals surface area contributed by atoms with Crippen LogP contribution in [-0.4, -0.2) is 28.9 Å². The third kappa shape index (κ3) is 2.28. The van der Waals surface area contributed by atoms with Crippen LogP contribution in [0.4, 0.5) is 5.82 Å². The van der Waals surface area contributed by atoms with Gasteiger partial charge in [-0.3, -0.25) is 13.8 Å². The maximum Gasteiger partial charge on any atom is 0.328 e. The lowest BCUT2D eigenvalue weighted by Gasteiger charge is -2.04. The first-order valence-corrected chi connectivity index (χ1v) is 6.79. The van der Waals surface area contributed by atoms with Crippen LogP contribution in [0.3, 0.4) is 0 Å². The van der Waals surface area contributed by atoms with Crippen LogP contribution < -0.4 is 11.4 Å². The summed E-state index contributed by atoms with van der Waals surface area (Å²) in [6.07, 6.45) is 6.06. The zero-order valence-corrected chi connectivity index (χ0v) is 12.0. The van der Waals surface area contributed by atoms with E-state index < -0.39 is 0 Å². The number of nitrogens with two attached hydrogens (primary N) is 1. The molecule has 0 aliphatic rings. The summed E-state index contributed by atoms with van der Waals surface area (Å²) >= 11 is 0. The molecule has 0 saturated heterocycles. The summed E-state index contributed by atoms with van der Waals surface area (Å²) in [4.78, 5) is 20.8. The van der Waals surface area contributed by atoms with E-state index >= 15 is 0 Å². The number of anilines is 1. The largest absolute Gasteiger partial charge is 0.383 e. The van der Waals surface area contributed by atoms with E-state index in [4.69, 9.17) is 5.73 Å². The Labute approximate surface area is 120 Å². The van der Waals surface area contributed by atoms with E-state index in [0.717, 1.165) is 11.8 Å². The molecule has 0 atom stereocenters. The third-order valence-corrected chi connectivity index (χ3v) is 3.36. The van der Waals surface area contributed by atoms with Gasteiger partial charge < -0.3 is 5.73 Å². The highest BCUT2D eigenvalue weighted by atomic mass is 16.1. The standard InChI is InChI=1S/C13H17N7O/c1-3-4-19-5-6-20(13(19)21)8-10-16-11(14)9-7-15-18(2)12(9)17-10/h5-7H,3-4,8H2,1-2H3,(H2,14,16,17). The highest BCUT2D eigenvalue weighted by molar-refractivity contribution is 5.84. The van der Waals surface area contributed by atoms with Crippen molar-refractivity contribution < 1.29 is 0 Å². The maximum absolute atomic E-state index is 12.2. The smallest absolute Gasteiger partial charge is 0.328 e. The molecule has 2 N–H and O–H groups in total. The van der Waals surface area contributed by atoms with Crippen molar-refractivity contribution in [1.82, 2.24) is 28.9 Å². The fraction of sp³-hybridized carbons (Fsp3) is 0.385. The predicted molar refractivity (Wildman–Crippen MR) is 78.8 cm³/mol. The second kappa shape index (κ2) is 5.04. The van der Waals surface area contributed by atoms with Gasteiger partial charge in [-0.25, -0.2) is 14.8 Å². The van der Waals surface area contributed by atoms with E-state index in [1.165, 1.54) is 0 Å². The minimum absolute atomic E-state index is 0.0656. The molecule has 0 aliphatic carbocycles.